The van der Waals surface area contributed by atoms with Gasteiger partial charge in [-0.1, -0.05) is 0 Å². The van der Waals surface area contributed by atoms with Crippen LogP contribution >= 0.6 is 11.8 Å². The molecule has 0 aliphatic rings. The Morgan fingerprint density at radius 3 is 2.39 bits per heavy atom. The van der Waals surface area contributed by atoms with E-state index in [0.29, 0.717) is 5.75 Å². The number of alkyl halides is 3. The van der Waals surface area contributed by atoms with Crippen molar-refractivity contribution in [1.29, 1.82) is 0 Å². The van der Waals surface area contributed by atoms with Gasteiger partial charge in [0.05, 0.1) is 0 Å². The molecule has 0 saturated heterocycles. The molecule has 1 atom stereocenters. The second kappa shape index (κ2) is 7.16. The summed E-state index contributed by atoms with van der Waals surface area (Å²) in [6.45, 7) is -1.75. The lowest BCUT2D eigenvalue weighted by Crippen LogP contribution is -2.48. The summed E-state index contributed by atoms with van der Waals surface area (Å²) in [5, 5.41) is 8.71. The average molecular weight is 310 g/mol. The van der Waals surface area contributed by atoms with Crippen LogP contribution in [0, 0.1) is 0 Å². The van der Waals surface area contributed by atoms with Crippen LogP contribution in [0.15, 0.2) is 0 Å². The van der Waals surface area contributed by atoms with E-state index < -0.39 is 34.9 Å². The molecule has 0 heterocycles. The van der Waals surface area contributed by atoms with Gasteiger partial charge in [-0.15, -0.1) is 0 Å². The molecule has 6 nitrogen and oxygen atoms in total. The first-order valence-electron chi connectivity index (χ1n) is 4.63. The van der Waals surface area contributed by atoms with E-state index in [1.165, 1.54) is 16.5 Å². The zero-order valence-electron chi connectivity index (χ0n) is 9.32. The lowest BCUT2D eigenvalue weighted by Gasteiger charge is -2.15. The normalized spacial score (nSPS) is 14.4. The highest BCUT2D eigenvalue weighted by Crippen LogP contribution is 2.12. The minimum Gasteiger partial charge on any atom is -0.480 e. The molecule has 0 saturated carbocycles. The number of carbonyl (C=O) groups is 1. The van der Waals surface area contributed by atoms with Gasteiger partial charge in [-0.05, 0) is 18.4 Å². The summed E-state index contributed by atoms with van der Waals surface area (Å²) in [5.41, 5.74) is 0. The molecule has 0 fully saturated rings. The summed E-state index contributed by atoms with van der Waals surface area (Å²) in [5.74, 6) is -1.08. The number of rotatable bonds is 8. The van der Waals surface area contributed by atoms with E-state index in [1.807, 2.05) is 0 Å². The number of aliphatic carboxylic acids is 1. The van der Waals surface area contributed by atoms with Gasteiger partial charge in [0.2, 0.25) is 0 Å². The molecular formula is C7H13F3N2O4S2. The van der Waals surface area contributed by atoms with E-state index in [9.17, 15) is 26.4 Å². The fourth-order valence-electron chi connectivity index (χ4n) is 0.874. The van der Waals surface area contributed by atoms with E-state index in [0.717, 1.165) is 0 Å². The molecule has 108 valence electrons. The predicted molar refractivity (Wildman–Crippen MR) is 60.5 cm³/mol. The minimum absolute atomic E-state index is 0.0244. The van der Waals surface area contributed by atoms with E-state index >= 15 is 0 Å². The zero-order valence-corrected chi connectivity index (χ0v) is 11.0. The topological polar surface area (TPSA) is 95.5 Å². The molecule has 0 aliphatic heterocycles. The quantitative estimate of drug-likeness (QED) is 0.594. The van der Waals surface area contributed by atoms with Crippen molar-refractivity contribution in [1.82, 2.24) is 9.44 Å². The monoisotopic (exact) mass is 310 g/mol. The van der Waals surface area contributed by atoms with Crippen molar-refractivity contribution in [2.45, 2.75) is 18.6 Å². The maximum absolute atomic E-state index is 11.8. The molecule has 0 aliphatic carbocycles. The third kappa shape index (κ3) is 8.55. The Labute approximate surface area is 107 Å². The number of halogens is 3. The summed E-state index contributed by atoms with van der Waals surface area (Å²) >= 11 is 1.29. The van der Waals surface area contributed by atoms with Crippen molar-refractivity contribution in [2.24, 2.45) is 0 Å². The fraction of sp³-hybridized carbons (Fsp3) is 0.857. The van der Waals surface area contributed by atoms with Gasteiger partial charge in [0.25, 0.3) is 10.2 Å². The maximum atomic E-state index is 11.8. The summed E-state index contributed by atoms with van der Waals surface area (Å²) in [6, 6.07) is -1.46. The first kappa shape index (κ1) is 17.5. The summed E-state index contributed by atoms with van der Waals surface area (Å²) in [6.07, 6.45) is -3.04. The van der Waals surface area contributed by atoms with Gasteiger partial charge in [-0.3, -0.25) is 4.79 Å². The van der Waals surface area contributed by atoms with Crippen LogP contribution in [0.3, 0.4) is 0 Å². The highest BCUT2D eigenvalue weighted by Gasteiger charge is 2.31. The van der Waals surface area contributed by atoms with Crippen LogP contribution in [0.2, 0.25) is 0 Å². The van der Waals surface area contributed by atoms with E-state index in [4.69, 9.17) is 5.11 Å². The van der Waals surface area contributed by atoms with Crippen LogP contribution in [0.1, 0.15) is 6.42 Å². The van der Waals surface area contributed by atoms with Gasteiger partial charge >= 0.3 is 12.1 Å². The van der Waals surface area contributed by atoms with Crippen molar-refractivity contribution < 1.29 is 31.5 Å². The highest BCUT2D eigenvalue weighted by molar-refractivity contribution is 7.98. The first-order valence-corrected chi connectivity index (χ1v) is 7.50. The van der Waals surface area contributed by atoms with Gasteiger partial charge in [-0.2, -0.15) is 42.8 Å². The second-order valence-electron chi connectivity index (χ2n) is 3.23. The molecule has 3 N–H and O–H groups in total. The molecule has 0 spiro atoms. The molecule has 18 heavy (non-hydrogen) atoms. The number of carboxylic acids is 1. The number of nitrogens with one attached hydrogen (secondary N) is 2. The molecule has 0 aromatic heterocycles. The van der Waals surface area contributed by atoms with E-state index in [-0.39, 0.29) is 6.42 Å². The highest BCUT2D eigenvalue weighted by atomic mass is 32.2. The second-order valence-corrected chi connectivity index (χ2v) is 5.75. The standard InChI is InChI=1S/C7H13F3N2O4S2/c1-17-3-2-5(6(13)14)12-18(15,16)11-4-7(8,9)10/h5,11-12H,2-4H2,1H3,(H,13,14)/t5-/m0/s1. The third-order valence-corrected chi connectivity index (χ3v) is 3.43. The molecule has 0 bridgehead atoms. The Kier molecular flexibility index (Phi) is 6.96. The van der Waals surface area contributed by atoms with Crippen LogP contribution in [-0.4, -0.2) is 50.3 Å². The summed E-state index contributed by atoms with van der Waals surface area (Å²) in [7, 11) is -4.50. The average Bonchev–Trinajstić information content (AvgIpc) is 2.20. The fourth-order valence-corrected chi connectivity index (χ4v) is 2.38. The molecule has 0 aromatic rings. The smallest absolute Gasteiger partial charge is 0.402 e. The van der Waals surface area contributed by atoms with Crippen LogP contribution in [-0.2, 0) is 15.0 Å². The van der Waals surface area contributed by atoms with Gasteiger partial charge in [0.15, 0.2) is 0 Å². The van der Waals surface area contributed by atoms with Gasteiger partial charge in [-0.25, -0.2) is 0 Å². The SMILES string of the molecule is CSCC[C@H](NS(=O)(=O)NCC(F)(F)F)C(=O)O. The third-order valence-electron chi connectivity index (χ3n) is 1.67. The maximum Gasteiger partial charge on any atom is 0.402 e. The Balaban J connectivity index is 4.47. The number of hydrogen-bond donors (Lipinski definition) is 3. The molecular weight excluding hydrogens is 297 g/mol. The Morgan fingerprint density at radius 2 is 2.00 bits per heavy atom. The summed E-state index contributed by atoms with van der Waals surface area (Å²) in [4.78, 5) is 10.7. The van der Waals surface area contributed by atoms with Crippen molar-refractivity contribution in [3.63, 3.8) is 0 Å². The van der Waals surface area contributed by atoms with Crippen molar-refractivity contribution in [3.05, 3.63) is 0 Å². The molecule has 0 radical (unpaired) electrons. The van der Waals surface area contributed by atoms with Crippen LogP contribution < -0.4 is 9.44 Å². The Morgan fingerprint density at radius 1 is 1.44 bits per heavy atom. The van der Waals surface area contributed by atoms with E-state index in [2.05, 4.69) is 0 Å². The van der Waals surface area contributed by atoms with Gasteiger partial charge < -0.3 is 5.11 Å². The predicted octanol–water partition coefficient (Wildman–Crippen LogP) is 0.179. The molecule has 0 amide bonds. The molecule has 0 rings (SSSR count). The summed E-state index contributed by atoms with van der Waals surface area (Å²) < 4.78 is 60.6. The van der Waals surface area contributed by atoms with Crippen molar-refractivity contribution >= 4 is 27.9 Å². The van der Waals surface area contributed by atoms with Gasteiger partial charge in [0.1, 0.15) is 12.6 Å². The van der Waals surface area contributed by atoms with Crippen molar-refractivity contribution in [2.75, 3.05) is 18.6 Å². The number of thioether (sulfide) groups is 1. The lowest BCUT2D eigenvalue weighted by molar-refractivity contribution is -0.139. The zero-order chi connectivity index (χ0) is 14.4. The molecule has 11 heteroatoms. The van der Waals surface area contributed by atoms with Crippen molar-refractivity contribution in [3.8, 4) is 0 Å². The Hall–Kier alpha value is -0.520. The van der Waals surface area contributed by atoms with Crippen LogP contribution in [0.4, 0.5) is 13.2 Å². The Bertz CT molecular complexity index is 371. The van der Waals surface area contributed by atoms with Gasteiger partial charge in [0, 0.05) is 0 Å². The van der Waals surface area contributed by atoms with E-state index in [1.54, 1.807) is 11.0 Å². The van der Waals surface area contributed by atoms with Crippen LogP contribution in [0.25, 0.3) is 0 Å². The lowest BCUT2D eigenvalue weighted by atomic mass is 10.2. The van der Waals surface area contributed by atoms with Crippen LogP contribution in [0.5, 0.6) is 0 Å². The number of carboxylic acid groups (broad SMARTS) is 1. The largest absolute Gasteiger partial charge is 0.480 e. The first-order chi connectivity index (χ1) is 8.07. The number of hydrogen-bond acceptors (Lipinski definition) is 4. The minimum atomic E-state index is -4.70. The molecule has 0 aromatic carbocycles. The molecule has 0 unspecified atom stereocenters.